The molecule has 22 heavy (non-hydrogen) atoms. The number of hydrogen-bond acceptors (Lipinski definition) is 4. The van der Waals surface area contributed by atoms with Crippen molar-refractivity contribution in [1.29, 1.82) is 0 Å². The van der Waals surface area contributed by atoms with E-state index in [0.717, 1.165) is 7.11 Å². The summed E-state index contributed by atoms with van der Waals surface area (Å²) in [5, 5.41) is 0. The minimum absolute atomic E-state index is 0.0407. The van der Waals surface area contributed by atoms with Crippen molar-refractivity contribution in [3.8, 4) is 5.88 Å². The Morgan fingerprint density at radius 2 is 1.82 bits per heavy atom. The van der Waals surface area contributed by atoms with E-state index in [1.54, 1.807) is 11.8 Å². The van der Waals surface area contributed by atoms with Crippen LogP contribution >= 0.6 is 0 Å². The van der Waals surface area contributed by atoms with Gasteiger partial charge in [0, 0.05) is 18.4 Å². The fraction of sp³-hybridized carbons (Fsp3) is 0.286. The van der Waals surface area contributed by atoms with E-state index < -0.39 is 23.4 Å². The Morgan fingerprint density at radius 3 is 2.32 bits per heavy atom. The number of alkyl halides is 3. The summed E-state index contributed by atoms with van der Waals surface area (Å²) in [6, 6.07) is 5.48. The van der Waals surface area contributed by atoms with Crippen LogP contribution in [0.5, 0.6) is 5.88 Å². The number of hydrogen-bond donors (Lipinski definition) is 0. The second-order valence-corrected chi connectivity index (χ2v) is 4.31. The van der Waals surface area contributed by atoms with E-state index in [-0.39, 0.29) is 5.95 Å². The summed E-state index contributed by atoms with van der Waals surface area (Å²) in [7, 11) is 1.11. The van der Waals surface area contributed by atoms with Gasteiger partial charge in [-0.1, -0.05) is 0 Å². The predicted molar refractivity (Wildman–Crippen MR) is 72.7 cm³/mol. The van der Waals surface area contributed by atoms with E-state index >= 15 is 0 Å². The van der Waals surface area contributed by atoms with Crippen molar-refractivity contribution < 1.29 is 22.3 Å². The van der Waals surface area contributed by atoms with Gasteiger partial charge in [-0.05, 0) is 31.2 Å². The van der Waals surface area contributed by atoms with Crippen LogP contribution < -0.4 is 9.64 Å². The molecule has 1 heterocycles. The van der Waals surface area contributed by atoms with Crippen molar-refractivity contribution >= 4 is 11.6 Å². The Bertz CT molecular complexity index is 644. The van der Waals surface area contributed by atoms with Gasteiger partial charge in [0.1, 0.15) is 11.4 Å². The highest BCUT2D eigenvalue weighted by molar-refractivity contribution is 5.57. The highest BCUT2D eigenvalue weighted by atomic mass is 19.4. The summed E-state index contributed by atoms with van der Waals surface area (Å²) in [4.78, 5) is 9.10. The smallest absolute Gasteiger partial charge is 0.423 e. The molecule has 0 unspecified atom stereocenters. The van der Waals surface area contributed by atoms with Crippen LogP contribution in [0, 0.1) is 5.82 Å². The standard InChI is InChI=1S/C14H13F4N3O/c1-3-21(10-6-4-9(15)5-7-10)13-19-8-11(14(16,17)18)12(20-13)22-2/h4-8H,3H2,1-2H3. The Hall–Kier alpha value is -2.38. The summed E-state index contributed by atoms with van der Waals surface area (Å²) in [5.41, 5.74) is -0.486. The molecule has 0 saturated heterocycles. The van der Waals surface area contributed by atoms with Gasteiger partial charge in [0.25, 0.3) is 0 Å². The molecule has 2 rings (SSSR count). The number of methoxy groups -OCH3 is 1. The molecule has 1 aromatic carbocycles. The fourth-order valence-corrected chi connectivity index (χ4v) is 1.90. The van der Waals surface area contributed by atoms with Gasteiger partial charge in [-0.25, -0.2) is 9.37 Å². The lowest BCUT2D eigenvalue weighted by atomic mass is 10.3. The molecule has 0 spiro atoms. The molecule has 0 N–H and O–H groups in total. The summed E-state index contributed by atoms with van der Waals surface area (Å²) < 4.78 is 56.1. The molecule has 0 atom stereocenters. The lowest BCUT2D eigenvalue weighted by Crippen LogP contribution is -2.20. The maximum atomic E-state index is 13.0. The molecule has 0 bridgehead atoms. The average molecular weight is 315 g/mol. The third-order valence-corrected chi connectivity index (χ3v) is 2.94. The zero-order chi connectivity index (χ0) is 16.3. The first-order valence-electron chi connectivity index (χ1n) is 6.38. The van der Waals surface area contributed by atoms with Crippen LogP contribution in [0.25, 0.3) is 0 Å². The second kappa shape index (κ2) is 6.17. The van der Waals surface area contributed by atoms with Crippen molar-refractivity contribution in [3.05, 3.63) is 41.8 Å². The maximum Gasteiger partial charge on any atom is 0.423 e. The van der Waals surface area contributed by atoms with Crippen LogP contribution in [0.1, 0.15) is 12.5 Å². The highest BCUT2D eigenvalue weighted by Crippen LogP contribution is 2.35. The summed E-state index contributed by atoms with van der Waals surface area (Å²) >= 11 is 0. The van der Waals surface area contributed by atoms with Gasteiger partial charge in [-0.2, -0.15) is 18.2 Å². The van der Waals surface area contributed by atoms with Gasteiger partial charge in [0.05, 0.1) is 7.11 Å². The summed E-state index contributed by atoms with van der Waals surface area (Å²) in [5.74, 6) is -0.928. The first kappa shape index (κ1) is 16.0. The fourth-order valence-electron chi connectivity index (χ4n) is 1.90. The van der Waals surface area contributed by atoms with E-state index in [0.29, 0.717) is 18.4 Å². The summed E-state index contributed by atoms with van der Waals surface area (Å²) in [6.07, 6.45) is -3.93. The van der Waals surface area contributed by atoms with E-state index in [9.17, 15) is 17.6 Å². The predicted octanol–water partition coefficient (Wildman–Crippen LogP) is 3.80. The van der Waals surface area contributed by atoms with Crippen LogP contribution in [0.2, 0.25) is 0 Å². The summed E-state index contributed by atoms with van der Waals surface area (Å²) in [6.45, 7) is 2.16. The minimum Gasteiger partial charge on any atom is -0.480 e. The SMILES string of the molecule is CCN(c1ccc(F)cc1)c1ncc(C(F)(F)F)c(OC)n1. The molecular weight excluding hydrogens is 302 g/mol. The molecule has 0 saturated carbocycles. The lowest BCUT2D eigenvalue weighted by Gasteiger charge is -2.22. The molecule has 0 aliphatic carbocycles. The number of ether oxygens (including phenoxy) is 1. The Labute approximate surface area is 124 Å². The van der Waals surface area contributed by atoms with E-state index in [4.69, 9.17) is 4.74 Å². The van der Waals surface area contributed by atoms with Crippen molar-refractivity contribution in [2.75, 3.05) is 18.6 Å². The van der Waals surface area contributed by atoms with Crippen molar-refractivity contribution in [2.24, 2.45) is 0 Å². The average Bonchev–Trinajstić information content (AvgIpc) is 2.48. The number of aromatic nitrogens is 2. The molecule has 118 valence electrons. The van der Waals surface area contributed by atoms with Crippen LogP contribution in [-0.4, -0.2) is 23.6 Å². The maximum absolute atomic E-state index is 13.0. The molecule has 0 amide bonds. The lowest BCUT2D eigenvalue weighted by molar-refractivity contribution is -0.139. The van der Waals surface area contributed by atoms with E-state index in [2.05, 4.69) is 9.97 Å². The zero-order valence-electron chi connectivity index (χ0n) is 11.9. The van der Waals surface area contributed by atoms with Gasteiger partial charge in [-0.3, -0.25) is 0 Å². The molecular formula is C14H13F4N3O. The van der Waals surface area contributed by atoms with Gasteiger partial charge in [0.15, 0.2) is 0 Å². The number of benzene rings is 1. The first-order chi connectivity index (χ1) is 10.4. The van der Waals surface area contributed by atoms with Crippen molar-refractivity contribution in [3.63, 3.8) is 0 Å². The number of rotatable bonds is 4. The Balaban J connectivity index is 2.44. The minimum atomic E-state index is -4.60. The van der Waals surface area contributed by atoms with Crippen molar-refractivity contribution in [1.82, 2.24) is 9.97 Å². The van der Waals surface area contributed by atoms with Gasteiger partial charge < -0.3 is 9.64 Å². The first-order valence-corrected chi connectivity index (χ1v) is 6.38. The third kappa shape index (κ3) is 3.26. The molecule has 4 nitrogen and oxygen atoms in total. The molecule has 0 radical (unpaired) electrons. The van der Waals surface area contributed by atoms with Gasteiger partial charge >= 0.3 is 6.18 Å². The van der Waals surface area contributed by atoms with Gasteiger partial charge in [-0.15, -0.1) is 0 Å². The Kier molecular flexibility index (Phi) is 4.48. The zero-order valence-corrected chi connectivity index (χ0v) is 11.9. The quantitative estimate of drug-likeness (QED) is 0.804. The largest absolute Gasteiger partial charge is 0.480 e. The number of nitrogens with zero attached hydrogens (tertiary/aromatic N) is 3. The van der Waals surface area contributed by atoms with Gasteiger partial charge in [0.2, 0.25) is 11.8 Å². The Morgan fingerprint density at radius 1 is 1.18 bits per heavy atom. The topological polar surface area (TPSA) is 38.2 Å². The molecule has 2 aromatic rings. The molecule has 8 heteroatoms. The second-order valence-electron chi connectivity index (χ2n) is 4.31. The monoisotopic (exact) mass is 315 g/mol. The molecule has 0 aliphatic rings. The van der Waals surface area contributed by atoms with Crippen LogP contribution in [0.4, 0.5) is 29.2 Å². The molecule has 0 aliphatic heterocycles. The molecule has 0 fully saturated rings. The van der Waals surface area contributed by atoms with E-state index in [1.165, 1.54) is 24.3 Å². The van der Waals surface area contributed by atoms with Crippen LogP contribution in [0.15, 0.2) is 30.5 Å². The normalized spacial score (nSPS) is 11.4. The number of anilines is 2. The molecule has 1 aromatic heterocycles. The third-order valence-electron chi connectivity index (χ3n) is 2.94. The van der Waals surface area contributed by atoms with E-state index in [1.807, 2.05) is 0 Å². The van der Waals surface area contributed by atoms with Crippen molar-refractivity contribution in [2.45, 2.75) is 13.1 Å². The van der Waals surface area contributed by atoms with Crippen LogP contribution in [0.3, 0.4) is 0 Å². The highest BCUT2D eigenvalue weighted by Gasteiger charge is 2.36. The van der Waals surface area contributed by atoms with Crippen LogP contribution in [-0.2, 0) is 6.18 Å². The number of halogens is 4.